The second-order valence-corrected chi connectivity index (χ2v) is 10.1. The minimum absolute atomic E-state index is 0.0245. The van der Waals surface area contributed by atoms with Crippen LogP contribution in [0.25, 0.3) is 0 Å². The van der Waals surface area contributed by atoms with Crippen LogP contribution in [0.2, 0.25) is 0 Å². The van der Waals surface area contributed by atoms with Crippen molar-refractivity contribution in [2.75, 3.05) is 20.6 Å². The van der Waals surface area contributed by atoms with Crippen molar-refractivity contribution in [3.05, 3.63) is 28.8 Å². The number of nitrogens with zero attached hydrogens (tertiary/aromatic N) is 1. The lowest BCUT2D eigenvalue weighted by atomic mass is 9.52. The van der Waals surface area contributed by atoms with E-state index in [4.69, 9.17) is 5.73 Å². The number of primary amides is 1. The van der Waals surface area contributed by atoms with E-state index in [1.165, 1.54) is 25.1 Å². The van der Waals surface area contributed by atoms with E-state index >= 15 is 0 Å². The number of amides is 1. The molecular weight excluding hydrogens is 499 g/mol. The molecule has 1 aromatic carbocycles. The fraction of sp³-hybridized carbons (Fsp3) is 0.542. The van der Waals surface area contributed by atoms with Crippen molar-refractivity contribution in [3.8, 4) is 5.75 Å². The Morgan fingerprint density at radius 1 is 1.19 bits per heavy atom. The number of benzene rings is 1. The number of Topliss-reactive ketones (excluding diaryl/α,β-unsaturated/α-hetero) is 4. The lowest BCUT2D eigenvalue weighted by molar-refractivity contribution is -0.181. The second kappa shape index (κ2) is 8.99. The van der Waals surface area contributed by atoms with Gasteiger partial charge in [0, 0.05) is 12.5 Å². The lowest BCUT2D eigenvalue weighted by Gasteiger charge is -2.52. The van der Waals surface area contributed by atoms with Gasteiger partial charge in [-0.2, -0.15) is 13.2 Å². The molecule has 3 aliphatic rings. The molecule has 2 fully saturated rings. The summed E-state index contributed by atoms with van der Waals surface area (Å²) in [5.74, 6) is -11.8. The van der Waals surface area contributed by atoms with Crippen LogP contribution >= 0.6 is 0 Å². The highest BCUT2D eigenvalue weighted by molar-refractivity contribution is 6.32. The van der Waals surface area contributed by atoms with Gasteiger partial charge in [0.25, 0.3) is 0 Å². The predicted octanol–water partition coefficient (Wildman–Crippen LogP) is -0.481. The van der Waals surface area contributed by atoms with Gasteiger partial charge in [0.05, 0.1) is 24.1 Å². The first kappa shape index (κ1) is 26.9. The van der Waals surface area contributed by atoms with E-state index in [2.05, 4.69) is 5.32 Å². The average molecular weight is 525 g/mol. The number of aliphatic hydroxyl groups is 1. The van der Waals surface area contributed by atoms with Crippen molar-refractivity contribution >= 4 is 29.0 Å². The van der Waals surface area contributed by atoms with Crippen molar-refractivity contribution in [2.24, 2.45) is 29.4 Å². The maximum atomic E-state index is 13.7. The van der Waals surface area contributed by atoms with E-state index in [-0.39, 0.29) is 30.5 Å². The van der Waals surface area contributed by atoms with Crippen LogP contribution in [0.4, 0.5) is 13.2 Å². The number of alkyl halides is 3. The molecule has 0 heterocycles. The summed E-state index contributed by atoms with van der Waals surface area (Å²) >= 11 is 0. The van der Waals surface area contributed by atoms with Gasteiger partial charge in [0.1, 0.15) is 5.75 Å². The first-order chi connectivity index (χ1) is 17.1. The highest BCUT2D eigenvalue weighted by Gasteiger charge is 2.69. The van der Waals surface area contributed by atoms with Crippen LogP contribution in [0.3, 0.4) is 0 Å². The van der Waals surface area contributed by atoms with E-state index in [0.29, 0.717) is 5.56 Å². The fourth-order valence-electron chi connectivity index (χ4n) is 6.17. The molecule has 0 bridgehead atoms. The van der Waals surface area contributed by atoms with Crippen LogP contribution in [0, 0.1) is 23.7 Å². The first-order valence-corrected chi connectivity index (χ1v) is 11.6. The van der Waals surface area contributed by atoms with Crippen molar-refractivity contribution < 1.29 is 47.4 Å². The molecule has 0 saturated heterocycles. The molecule has 0 aliphatic heterocycles. The van der Waals surface area contributed by atoms with E-state index in [9.17, 15) is 47.4 Å². The molecular formula is C24H26F3N3O7. The van der Waals surface area contributed by atoms with Gasteiger partial charge in [-0.15, -0.1) is 0 Å². The SMILES string of the molecule is CN(C)C1C(=O)C(C(N)=O)C(=O)[C@]2(O)C(=O)C3C(=O)c4c(O)ccc(CNCC(F)(F)F)c4C[C@@H]3C[C@H]12. The second-order valence-electron chi connectivity index (χ2n) is 10.1. The molecule has 200 valence electrons. The molecule has 3 aliphatic carbocycles. The Labute approximate surface area is 209 Å². The third-order valence-corrected chi connectivity index (χ3v) is 7.68. The number of carbonyl (C=O) groups is 5. The Kier molecular flexibility index (Phi) is 6.54. The Balaban J connectivity index is 1.78. The van der Waals surface area contributed by atoms with Crippen LogP contribution in [-0.2, 0) is 32.1 Å². The molecule has 1 aromatic rings. The molecule has 4 rings (SSSR count). The predicted molar refractivity (Wildman–Crippen MR) is 119 cm³/mol. The van der Waals surface area contributed by atoms with Crippen LogP contribution in [0.5, 0.6) is 5.75 Å². The smallest absolute Gasteiger partial charge is 0.401 e. The number of aromatic hydroxyl groups is 1. The molecule has 2 saturated carbocycles. The summed E-state index contributed by atoms with van der Waals surface area (Å²) in [5, 5.41) is 24.2. The largest absolute Gasteiger partial charge is 0.507 e. The number of carbonyl (C=O) groups excluding carboxylic acids is 5. The van der Waals surface area contributed by atoms with Crippen molar-refractivity contribution in [1.29, 1.82) is 0 Å². The van der Waals surface area contributed by atoms with Crippen molar-refractivity contribution in [2.45, 2.75) is 37.2 Å². The number of hydrogen-bond acceptors (Lipinski definition) is 9. The summed E-state index contributed by atoms with van der Waals surface area (Å²) in [7, 11) is 2.94. The third kappa shape index (κ3) is 4.14. The van der Waals surface area contributed by atoms with E-state index in [0.717, 1.165) is 6.07 Å². The number of likely N-dealkylation sites (N-methyl/N-ethyl adjacent to an activating group) is 1. The first-order valence-electron chi connectivity index (χ1n) is 11.6. The minimum atomic E-state index is -4.47. The van der Waals surface area contributed by atoms with Crippen molar-refractivity contribution in [1.82, 2.24) is 10.2 Å². The fourth-order valence-corrected chi connectivity index (χ4v) is 6.17. The third-order valence-electron chi connectivity index (χ3n) is 7.68. The summed E-state index contributed by atoms with van der Waals surface area (Å²) < 4.78 is 37.9. The number of fused-ring (bicyclic) bond motifs is 3. The Morgan fingerprint density at radius 3 is 2.41 bits per heavy atom. The molecule has 0 radical (unpaired) electrons. The van der Waals surface area contributed by atoms with Crippen molar-refractivity contribution in [3.63, 3.8) is 0 Å². The normalized spacial score (nSPS) is 31.7. The summed E-state index contributed by atoms with van der Waals surface area (Å²) in [6.07, 6.45) is -4.64. The zero-order chi connectivity index (χ0) is 27.6. The lowest BCUT2D eigenvalue weighted by Crippen LogP contribution is -2.74. The van der Waals surface area contributed by atoms with E-state index in [1.807, 2.05) is 0 Å². The Bertz CT molecular complexity index is 1210. The molecule has 6 atom stereocenters. The Hall–Kier alpha value is -3.16. The summed E-state index contributed by atoms with van der Waals surface area (Å²) in [6, 6.07) is 1.26. The topological polar surface area (TPSA) is 167 Å². The number of nitrogens with two attached hydrogens (primary N) is 1. The zero-order valence-corrected chi connectivity index (χ0v) is 20.0. The van der Waals surface area contributed by atoms with E-state index < -0.39 is 82.8 Å². The summed E-state index contributed by atoms with van der Waals surface area (Å²) in [6.45, 7) is -1.56. The van der Waals surface area contributed by atoms with Gasteiger partial charge < -0.3 is 21.3 Å². The Morgan fingerprint density at radius 2 is 1.84 bits per heavy atom. The maximum Gasteiger partial charge on any atom is 0.401 e. The van der Waals surface area contributed by atoms with Crippen LogP contribution in [-0.4, -0.2) is 82.6 Å². The quantitative estimate of drug-likeness (QED) is 0.371. The molecule has 10 nitrogen and oxygen atoms in total. The maximum absolute atomic E-state index is 13.7. The molecule has 3 unspecified atom stereocenters. The zero-order valence-electron chi connectivity index (χ0n) is 20.0. The van der Waals surface area contributed by atoms with Gasteiger partial charge in [-0.3, -0.25) is 28.9 Å². The number of rotatable bonds is 5. The number of halogens is 3. The average Bonchev–Trinajstić information content (AvgIpc) is 2.76. The van der Waals surface area contributed by atoms with Gasteiger partial charge in [0.2, 0.25) is 5.91 Å². The van der Waals surface area contributed by atoms with Crippen LogP contribution in [0.15, 0.2) is 12.1 Å². The monoisotopic (exact) mass is 525 g/mol. The number of hydrogen-bond donors (Lipinski definition) is 4. The highest BCUT2D eigenvalue weighted by Crippen LogP contribution is 2.51. The van der Waals surface area contributed by atoms with Crippen LogP contribution in [0.1, 0.15) is 27.9 Å². The molecule has 13 heteroatoms. The molecule has 0 spiro atoms. The molecule has 5 N–H and O–H groups in total. The standard InChI is InChI=1S/C24H26F3N3O7/c1-30(2)17-12-6-10-5-11-9(7-29-8-23(25,26)27)3-4-13(31)15(11)18(32)14(10)20(34)24(12,37)21(35)16(19(17)33)22(28)36/h3-4,10,12,14,16-17,29,31,37H,5-8H2,1-2H3,(H2,28,36)/t10-,12-,14?,16?,17?,24-/m1/s1. The van der Waals surface area contributed by atoms with Gasteiger partial charge in [-0.25, -0.2) is 0 Å². The highest BCUT2D eigenvalue weighted by atomic mass is 19.4. The van der Waals surface area contributed by atoms with E-state index in [1.54, 1.807) is 0 Å². The molecule has 0 aromatic heterocycles. The van der Waals surface area contributed by atoms with Gasteiger partial charge in [-0.05, 0) is 50.0 Å². The molecule has 37 heavy (non-hydrogen) atoms. The summed E-state index contributed by atoms with van der Waals surface area (Å²) in [4.78, 5) is 66.8. The number of ketones is 4. The van der Waals surface area contributed by atoms with Crippen LogP contribution < -0.4 is 11.1 Å². The van der Waals surface area contributed by atoms with Gasteiger partial charge in [0.15, 0.2) is 34.7 Å². The van der Waals surface area contributed by atoms with Gasteiger partial charge >= 0.3 is 6.18 Å². The molecule has 1 amide bonds. The summed E-state index contributed by atoms with van der Waals surface area (Å²) in [5.41, 5.74) is 2.73. The number of phenols is 1. The van der Waals surface area contributed by atoms with Gasteiger partial charge in [-0.1, -0.05) is 6.07 Å². The minimum Gasteiger partial charge on any atom is -0.507 e. The number of nitrogens with one attached hydrogen (secondary N) is 1. The number of phenolic OH excluding ortho intramolecular Hbond substituents is 1.